The van der Waals surface area contributed by atoms with Gasteiger partial charge in [0.15, 0.2) is 0 Å². The van der Waals surface area contributed by atoms with Gasteiger partial charge in [0, 0.05) is 17.7 Å². The summed E-state index contributed by atoms with van der Waals surface area (Å²) in [6.07, 6.45) is 1.15. The van der Waals surface area contributed by atoms with Gasteiger partial charge in [-0.1, -0.05) is 18.2 Å². The average molecular weight is 325 g/mol. The lowest BCUT2D eigenvalue weighted by Gasteiger charge is -2.33. The van der Waals surface area contributed by atoms with Gasteiger partial charge < -0.3 is 14.6 Å². The number of imidazole rings is 1. The van der Waals surface area contributed by atoms with Crippen LogP contribution in [0.15, 0.2) is 48.8 Å². The maximum atomic E-state index is 14.0. The number of hydrogen-bond donors (Lipinski definition) is 1. The van der Waals surface area contributed by atoms with Gasteiger partial charge in [-0.2, -0.15) is 0 Å². The largest absolute Gasteiger partial charge is 0.370 e. The van der Waals surface area contributed by atoms with E-state index >= 15 is 0 Å². The van der Waals surface area contributed by atoms with E-state index in [9.17, 15) is 9.18 Å². The topological polar surface area (TPSA) is 58.2 Å². The monoisotopic (exact) mass is 325 g/mol. The number of halogens is 1. The Morgan fingerprint density at radius 2 is 2.17 bits per heavy atom. The highest BCUT2D eigenvalue weighted by Crippen LogP contribution is 2.25. The fourth-order valence-electron chi connectivity index (χ4n) is 3.01. The van der Waals surface area contributed by atoms with E-state index in [-0.39, 0.29) is 11.7 Å². The Kier molecular flexibility index (Phi) is 3.74. The Hall–Kier alpha value is -2.73. The van der Waals surface area contributed by atoms with E-state index in [0.29, 0.717) is 30.8 Å². The molecule has 2 heterocycles. The molecule has 1 saturated heterocycles. The lowest BCUT2D eigenvalue weighted by atomic mass is 10.1. The van der Waals surface area contributed by atoms with Crippen molar-refractivity contribution >= 4 is 16.9 Å². The zero-order chi connectivity index (χ0) is 16.5. The van der Waals surface area contributed by atoms with E-state index in [2.05, 4.69) is 9.97 Å². The van der Waals surface area contributed by atoms with Crippen LogP contribution in [0.4, 0.5) is 4.39 Å². The summed E-state index contributed by atoms with van der Waals surface area (Å²) in [6, 6.07) is 11.9. The van der Waals surface area contributed by atoms with Crippen molar-refractivity contribution in [3.8, 4) is 0 Å². The second-order valence-electron chi connectivity index (χ2n) is 5.77. The summed E-state index contributed by atoms with van der Waals surface area (Å²) in [6.45, 7) is 1.21. The van der Waals surface area contributed by atoms with Crippen molar-refractivity contribution in [2.75, 3.05) is 19.7 Å². The van der Waals surface area contributed by atoms with E-state index in [1.807, 2.05) is 6.07 Å². The number of benzene rings is 2. The average Bonchev–Trinajstić information content (AvgIpc) is 3.09. The molecule has 4 rings (SSSR count). The summed E-state index contributed by atoms with van der Waals surface area (Å²) in [5.74, 6) is -0.396. The van der Waals surface area contributed by atoms with Gasteiger partial charge in [0.05, 0.1) is 30.5 Å². The summed E-state index contributed by atoms with van der Waals surface area (Å²) in [5, 5.41) is 0. The number of rotatable bonds is 2. The van der Waals surface area contributed by atoms with Crippen LogP contribution in [0.5, 0.6) is 0 Å². The number of aromatic amines is 1. The van der Waals surface area contributed by atoms with E-state index in [1.165, 1.54) is 6.07 Å². The van der Waals surface area contributed by atoms with Crippen molar-refractivity contribution in [3.63, 3.8) is 0 Å². The molecule has 0 saturated carbocycles. The van der Waals surface area contributed by atoms with Crippen molar-refractivity contribution in [2.24, 2.45) is 0 Å². The van der Waals surface area contributed by atoms with Gasteiger partial charge in [-0.05, 0) is 24.3 Å². The fraction of sp³-hybridized carbons (Fsp3) is 0.222. The van der Waals surface area contributed by atoms with Crippen molar-refractivity contribution in [2.45, 2.75) is 6.10 Å². The Labute approximate surface area is 138 Å². The van der Waals surface area contributed by atoms with Crippen LogP contribution >= 0.6 is 0 Å². The van der Waals surface area contributed by atoms with Gasteiger partial charge in [-0.25, -0.2) is 9.37 Å². The molecule has 6 heteroatoms. The van der Waals surface area contributed by atoms with Crippen LogP contribution in [0.3, 0.4) is 0 Å². The smallest absolute Gasteiger partial charge is 0.254 e. The normalized spacial score (nSPS) is 18.0. The lowest BCUT2D eigenvalue weighted by molar-refractivity contribution is -0.0243. The number of aromatic nitrogens is 2. The summed E-state index contributed by atoms with van der Waals surface area (Å²) >= 11 is 0. The minimum absolute atomic E-state index is 0.0869. The molecule has 0 bridgehead atoms. The SMILES string of the molecule is O=C(c1ccc2nc[nH]c2c1)N1CCOC(c2ccccc2F)C1. The molecule has 1 amide bonds. The number of nitrogens with zero attached hydrogens (tertiary/aromatic N) is 2. The first-order valence-corrected chi connectivity index (χ1v) is 7.81. The summed E-state index contributed by atoms with van der Waals surface area (Å²) in [5.41, 5.74) is 2.71. The number of H-pyrrole nitrogens is 1. The van der Waals surface area contributed by atoms with Crippen LogP contribution < -0.4 is 0 Å². The number of ether oxygens (including phenoxy) is 1. The van der Waals surface area contributed by atoms with E-state index in [0.717, 1.165) is 11.0 Å². The highest BCUT2D eigenvalue weighted by molar-refractivity contribution is 5.97. The van der Waals surface area contributed by atoms with Crippen molar-refractivity contribution < 1.29 is 13.9 Å². The molecule has 0 aliphatic carbocycles. The first kappa shape index (κ1) is 14.8. The zero-order valence-electron chi connectivity index (χ0n) is 12.9. The van der Waals surface area contributed by atoms with Crippen LogP contribution in [0.2, 0.25) is 0 Å². The number of fused-ring (bicyclic) bond motifs is 1. The standard InChI is InChI=1S/C18H16FN3O2/c19-14-4-2-1-3-13(14)17-10-22(7-8-24-17)18(23)12-5-6-15-16(9-12)21-11-20-15/h1-6,9,11,17H,7-8,10H2,(H,20,21). The molecule has 122 valence electrons. The molecule has 1 N–H and O–H groups in total. The van der Waals surface area contributed by atoms with Crippen molar-refractivity contribution in [1.82, 2.24) is 14.9 Å². The third kappa shape index (κ3) is 2.65. The van der Waals surface area contributed by atoms with Gasteiger partial charge in [0.25, 0.3) is 5.91 Å². The first-order valence-electron chi connectivity index (χ1n) is 7.81. The second-order valence-corrected chi connectivity index (χ2v) is 5.77. The molecule has 1 aliphatic rings. The number of hydrogen-bond acceptors (Lipinski definition) is 3. The predicted octanol–water partition coefficient (Wildman–Crippen LogP) is 2.92. The van der Waals surface area contributed by atoms with Crippen molar-refractivity contribution in [1.29, 1.82) is 0 Å². The number of amides is 1. The Balaban J connectivity index is 1.57. The summed E-state index contributed by atoms with van der Waals surface area (Å²) < 4.78 is 19.6. The number of morpholine rings is 1. The van der Waals surface area contributed by atoms with Crippen LogP contribution in [-0.4, -0.2) is 40.5 Å². The molecule has 1 unspecified atom stereocenters. The Morgan fingerprint density at radius 1 is 1.29 bits per heavy atom. The first-order chi connectivity index (χ1) is 11.7. The highest BCUT2D eigenvalue weighted by Gasteiger charge is 2.27. The van der Waals surface area contributed by atoms with Gasteiger partial charge in [0.1, 0.15) is 11.9 Å². The quantitative estimate of drug-likeness (QED) is 0.788. The number of nitrogens with one attached hydrogen (secondary N) is 1. The zero-order valence-corrected chi connectivity index (χ0v) is 12.9. The van der Waals surface area contributed by atoms with Gasteiger partial charge in [0.2, 0.25) is 0 Å². The molecule has 1 aliphatic heterocycles. The predicted molar refractivity (Wildman–Crippen MR) is 87.1 cm³/mol. The van der Waals surface area contributed by atoms with E-state index in [4.69, 9.17) is 4.74 Å². The van der Waals surface area contributed by atoms with Gasteiger partial charge >= 0.3 is 0 Å². The van der Waals surface area contributed by atoms with E-state index < -0.39 is 6.10 Å². The maximum absolute atomic E-state index is 14.0. The minimum Gasteiger partial charge on any atom is -0.370 e. The number of carbonyl (C=O) groups excluding carboxylic acids is 1. The lowest BCUT2D eigenvalue weighted by Crippen LogP contribution is -2.42. The molecule has 3 aromatic rings. The van der Waals surface area contributed by atoms with Crippen LogP contribution in [0.1, 0.15) is 22.0 Å². The van der Waals surface area contributed by atoms with Crippen molar-refractivity contribution in [3.05, 3.63) is 65.7 Å². The van der Waals surface area contributed by atoms with Crippen LogP contribution in [0.25, 0.3) is 11.0 Å². The Morgan fingerprint density at radius 3 is 3.04 bits per heavy atom. The van der Waals surface area contributed by atoms with Crippen LogP contribution in [-0.2, 0) is 4.74 Å². The molecule has 1 fully saturated rings. The highest BCUT2D eigenvalue weighted by atomic mass is 19.1. The summed E-state index contributed by atoms with van der Waals surface area (Å²) in [4.78, 5) is 21.6. The maximum Gasteiger partial charge on any atom is 0.254 e. The molecule has 1 aromatic heterocycles. The fourth-order valence-corrected chi connectivity index (χ4v) is 3.01. The minimum atomic E-state index is -0.445. The molecule has 1 atom stereocenters. The molecule has 0 radical (unpaired) electrons. The number of carbonyl (C=O) groups is 1. The third-order valence-corrected chi connectivity index (χ3v) is 4.27. The van der Waals surface area contributed by atoms with Crippen LogP contribution in [0, 0.1) is 5.82 Å². The Bertz CT molecular complexity index is 893. The molecule has 2 aromatic carbocycles. The molecular formula is C18H16FN3O2. The summed E-state index contributed by atoms with van der Waals surface area (Å²) in [7, 11) is 0. The van der Waals surface area contributed by atoms with Gasteiger partial charge in [-0.15, -0.1) is 0 Å². The molecule has 5 nitrogen and oxygen atoms in total. The third-order valence-electron chi connectivity index (χ3n) is 4.27. The molecule has 0 spiro atoms. The molecular weight excluding hydrogens is 309 g/mol. The second kappa shape index (κ2) is 6.05. The van der Waals surface area contributed by atoms with Gasteiger partial charge in [-0.3, -0.25) is 4.79 Å². The molecule has 24 heavy (non-hydrogen) atoms. The van der Waals surface area contributed by atoms with E-state index in [1.54, 1.807) is 41.6 Å².